The van der Waals surface area contributed by atoms with Gasteiger partial charge in [-0.05, 0) is 59.2 Å². The number of fused-ring (bicyclic) bond motifs is 1. The molecule has 0 aliphatic rings. The third-order valence-corrected chi connectivity index (χ3v) is 5.36. The van der Waals surface area contributed by atoms with Crippen molar-refractivity contribution in [2.75, 3.05) is 13.7 Å². The third kappa shape index (κ3) is 5.70. The molecule has 2 N–H and O–H groups in total. The lowest BCUT2D eigenvalue weighted by molar-refractivity contribution is 0.0952. The average molecular weight is 471 g/mol. The molecule has 0 bridgehead atoms. The van der Waals surface area contributed by atoms with Gasteiger partial charge in [0.1, 0.15) is 18.1 Å². The van der Waals surface area contributed by atoms with E-state index in [1.165, 1.54) is 25.5 Å². The van der Waals surface area contributed by atoms with Crippen molar-refractivity contribution in [1.82, 2.24) is 5.43 Å². The van der Waals surface area contributed by atoms with Crippen molar-refractivity contribution in [3.8, 4) is 23.0 Å². The molecule has 0 aliphatic heterocycles. The number of ether oxygens (including phenoxy) is 3. The second-order valence-corrected chi connectivity index (χ2v) is 7.65. The number of nitrogens with zero attached hydrogens (tertiary/aromatic N) is 1. The van der Waals surface area contributed by atoms with Crippen LogP contribution in [0.15, 0.2) is 84.0 Å². The summed E-state index contributed by atoms with van der Waals surface area (Å²) in [6.07, 6.45) is 1.50. The molecule has 0 aliphatic carbocycles. The Balaban J connectivity index is 1.45. The van der Waals surface area contributed by atoms with Gasteiger partial charge in [-0.2, -0.15) is 5.10 Å². The Hall–Kier alpha value is -4.52. The summed E-state index contributed by atoms with van der Waals surface area (Å²) in [5.41, 5.74) is 4.30. The molecule has 0 saturated heterocycles. The summed E-state index contributed by atoms with van der Waals surface area (Å²) >= 11 is 0. The minimum absolute atomic E-state index is 0.0927. The fraction of sp³-hybridized carbons (Fsp3) is 0.143. The van der Waals surface area contributed by atoms with Gasteiger partial charge in [0.15, 0.2) is 11.5 Å². The molecule has 7 nitrogen and oxygen atoms in total. The molecule has 1 amide bonds. The first-order valence-electron chi connectivity index (χ1n) is 11.2. The number of hydrazone groups is 1. The maximum Gasteiger partial charge on any atom is 0.275 e. The topological polar surface area (TPSA) is 89.4 Å². The first-order chi connectivity index (χ1) is 17.1. The number of rotatable bonds is 9. The molecule has 7 heteroatoms. The van der Waals surface area contributed by atoms with Crippen LogP contribution in [0, 0.1) is 0 Å². The molecular formula is C28H26N2O5. The van der Waals surface area contributed by atoms with Crippen molar-refractivity contribution in [1.29, 1.82) is 0 Å². The Morgan fingerprint density at radius 3 is 2.60 bits per heavy atom. The summed E-state index contributed by atoms with van der Waals surface area (Å²) < 4.78 is 16.9. The van der Waals surface area contributed by atoms with E-state index in [-0.39, 0.29) is 11.3 Å². The van der Waals surface area contributed by atoms with E-state index in [2.05, 4.69) is 28.7 Å². The summed E-state index contributed by atoms with van der Waals surface area (Å²) in [5, 5.41) is 16.3. The fourth-order valence-electron chi connectivity index (χ4n) is 3.62. The van der Waals surface area contributed by atoms with Gasteiger partial charge in [0.2, 0.25) is 0 Å². The van der Waals surface area contributed by atoms with Crippen molar-refractivity contribution >= 4 is 22.9 Å². The van der Waals surface area contributed by atoms with Crippen LogP contribution in [0.4, 0.5) is 0 Å². The molecule has 0 radical (unpaired) electrons. The molecule has 0 saturated carbocycles. The van der Waals surface area contributed by atoms with E-state index in [0.717, 1.165) is 16.3 Å². The maximum atomic E-state index is 12.3. The highest BCUT2D eigenvalue weighted by molar-refractivity contribution is 5.97. The zero-order valence-corrected chi connectivity index (χ0v) is 19.5. The van der Waals surface area contributed by atoms with Gasteiger partial charge < -0.3 is 19.3 Å². The molecule has 0 fully saturated rings. The van der Waals surface area contributed by atoms with Gasteiger partial charge >= 0.3 is 0 Å². The van der Waals surface area contributed by atoms with E-state index >= 15 is 0 Å². The number of carbonyl (C=O) groups excluding carboxylic acids is 1. The van der Waals surface area contributed by atoms with Gasteiger partial charge in [0.25, 0.3) is 5.91 Å². The Labute approximate surface area is 203 Å². The lowest BCUT2D eigenvalue weighted by atomic mass is 10.1. The SMILES string of the molecule is CCOc1cc(/C=N\NC(=O)c2ccc(OC)cc2O)ccc1OCc1cccc2ccccc12. The summed E-state index contributed by atoms with van der Waals surface area (Å²) in [6.45, 7) is 2.77. The minimum Gasteiger partial charge on any atom is -0.507 e. The van der Waals surface area contributed by atoms with Crippen LogP contribution < -0.4 is 19.6 Å². The minimum atomic E-state index is -0.540. The van der Waals surface area contributed by atoms with Gasteiger partial charge in [-0.1, -0.05) is 42.5 Å². The zero-order chi connectivity index (χ0) is 24.6. The highest BCUT2D eigenvalue weighted by Crippen LogP contribution is 2.30. The van der Waals surface area contributed by atoms with Crippen LogP contribution in [0.2, 0.25) is 0 Å². The van der Waals surface area contributed by atoms with Crippen LogP contribution in [0.3, 0.4) is 0 Å². The third-order valence-electron chi connectivity index (χ3n) is 5.36. The maximum absolute atomic E-state index is 12.3. The molecular weight excluding hydrogens is 444 g/mol. The van der Waals surface area contributed by atoms with Gasteiger partial charge in [-0.25, -0.2) is 5.43 Å². The number of methoxy groups -OCH3 is 1. The number of amides is 1. The van der Waals surface area contributed by atoms with Crippen molar-refractivity contribution in [3.63, 3.8) is 0 Å². The van der Waals surface area contributed by atoms with Crippen LogP contribution in [-0.2, 0) is 6.61 Å². The van der Waals surface area contributed by atoms with Crippen molar-refractivity contribution in [2.24, 2.45) is 5.10 Å². The van der Waals surface area contributed by atoms with Crippen molar-refractivity contribution < 1.29 is 24.1 Å². The predicted molar refractivity (Wildman–Crippen MR) is 136 cm³/mol. The lowest BCUT2D eigenvalue weighted by Gasteiger charge is -2.13. The zero-order valence-electron chi connectivity index (χ0n) is 19.5. The summed E-state index contributed by atoms with van der Waals surface area (Å²) in [5.74, 6) is 0.915. The quantitative estimate of drug-likeness (QED) is 0.256. The van der Waals surface area contributed by atoms with E-state index in [0.29, 0.717) is 36.0 Å². The largest absolute Gasteiger partial charge is 0.507 e. The molecule has 0 heterocycles. The molecule has 4 aromatic carbocycles. The van der Waals surface area contributed by atoms with Gasteiger partial charge in [0, 0.05) is 6.07 Å². The van der Waals surface area contributed by atoms with Gasteiger partial charge in [-0.15, -0.1) is 0 Å². The Morgan fingerprint density at radius 1 is 0.971 bits per heavy atom. The molecule has 35 heavy (non-hydrogen) atoms. The molecule has 0 unspecified atom stereocenters. The first kappa shape index (κ1) is 23.6. The molecule has 4 aromatic rings. The molecule has 178 valence electrons. The number of benzene rings is 4. The van der Waals surface area contributed by atoms with E-state index in [1.807, 2.05) is 43.3 Å². The van der Waals surface area contributed by atoms with E-state index in [1.54, 1.807) is 12.1 Å². The highest BCUT2D eigenvalue weighted by atomic mass is 16.5. The molecule has 4 rings (SSSR count). The standard InChI is InChI=1S/C28H26N2O5/c1-3-34-27-15-19(17-29-30-28(32)24-13-12-22(33-2)16-25(24)31)11-14-26(27)35-18-21-9-6-8-20-7-4-5-10-23(20)21/h4-17,31H,3,18H2,1-2H3,(H,30,32)/b29-17-. The second kappa shape index (κ2) is 11.1. The van der Waals surface area contributed by atoms with Crippen LogP contribution in [0.5, 0.6) is 23.0 Å². The summed E-state index contributed by atoms with van der Waals surface area (Å²) in [7, 11) is 1.48. The number of hydrogen-bond acceptors (Lipinski definition) is 6. The summed E-state index contributed by atoms with van der Waals surface area (Å²) in [4.78, 5) is 12.3. The summed E-state index contributed by atoms with van der Waals surface area (Å²) in [6, 6.07) is 24.2. The van der Waals surface area contributed by atoms with Gasteiger partial charge in [-0.3, -0.25) is 4.79 Å². The van der Waals surface area contributed by atoms with Crippen LogP contribution in [-0.4, -0.2) is 30.9 Å². The Morgan fingerprint density at radius 2 is 1.80 bits per heavy atom. The normalized spacial score (nSPS) is 10.9. The monoisotopic (exact) mass is 470 g/mol. The van der Waals surface area contributed by atoms with Crippen LogP contribution >= 0.6 is 0 Å². The van der Waals surface area contributed by atoms with Gasteiger partial charge in [0.05, 0.1) is 25.5 Å². The first-order valence-corrected chi connectivity index (χ1v) is 11.2. The average Bonchev–Trinajstić information content (AvgIpc) is 2.88. The van der Waals surface area contributed by atoms with Crippen molar-refractivity contribution in [3.05, 3.63) is 95.6 Å². The number of aromatic hydroxyl groups is 1. The second-order valence-electron chi connectivity index (χ2n) is 7.65. The fourth-order valence-corrected chi connectivity index (χ4v) is 3.62. The van der Waals surface area contributed by atoms with E-state index in [9.17, 15) is 9.90 Å². The highest BCUT2D eigenvalue weighted by Gasteiger charge is 2.12. The number of hydrogen-bond donors (Lipinski definition) is 2. The Kier molecular flexibility index (Phi) is 7.47. The van der Waals surface area contributed by atoms with E-state index < -0.39 is 5.91 Å². The molecule has 0 aromatic heterocycles. The van der Waals surface area contributed by atoms with E-state index in [4.69, 9.17) is 14.2 Å². The smallest absolute Gasteiger partial charge is 0.275 e. The lowest BCUT2D eigenvalue weighted by Crippen LogP contribution is -2.17. The predicted octanol–water partition coefficient (Wildman–Crippen LogP) is 5.30. The number of phenolic OH excluding ortho intramolecular Hbond substituents is 1. The molecule has 0 spiro atoms. The van der Waals surface area contributed by atoms with Crippen LogP contribution in [0.25, 0.3) is 10.8 Å². The number of phenols is 1. The molecule has 0 atom stereocenters. The number of carbonyl (C=O) groups is 1. The van der Waals surface area contributed by atoms with Crippen molar-refractivity contribution in [2.45, 2.75) is 13.5 Å². The number of nitrogens with one attached hydrogen (secondary N) is 1. The Bertz CT molecular complexity index is 1360. The van der Waals surface area contributed by atoms with Crippen LogP contribution in [0.1, 0.15) is 28.4 Å².